The van der Waals surface area contributed by atoms with Gasteiger partial charge in [0, 0.05) is 11.1 Å². The number of rotatable bonds is 2. The molecule has 1 aliphatic heterocycles. The Balaban J connectivity index is 1.75. The molecule has 0 spiro atoms. The van der Waals surface area contributed by atoms with Crippen LogP contribution in [-0.2, 0) is 9.53 Å². The Bertz CT molecular complexity index is 794. The minimum atomic E-state index is -1.42. The molecule has 2 aromatic rings. The van der Waals surface area contributed by atoms with Gasteiger partial charge in [0.15, 0.2) is 6.10 Å². The van der Waals surface area contributed by atoms with E-state index in [1.54, 1.807) is 24.3 Å². The van der Waals surface area contributed by atoms with Crippen molar-refractivity contribution in [3.8, 4) is 11.8 Å². The molecule has 1 aliphatic rings. The molecule has 0 aromatic heterocycles. The third kappa shape index (κ3) is 3.71. The molecule has 0 unspecified atom stereocenters. The lowest BCUT2D eigenvalue weighted by Gasteiger charge is -2.14. The molecule has 6 nitrogen and oxygen atoms in total. The number of aliphatic hydroxyl groups is 2. The van der Waals surface area contributed by atoms with E-state index in [1.165, 1.54) is 5.48 Å². The fraction of sp³-hybridized carbons (Fsp3) is 0.211. The van der Waals surface area contributed by atoms with Gasteiger partial charge in [-0.3, -0.25) is 10.0 Å². The zero-order valence-corrected chi connectivity index (χ0v) is 13.2. The summed E-state index contributed by atoms with van der Waals surface area (Å²) in [5, 5.41) is 28.6. The van der Waals surface area contributed by atoms with Crippen LogP contribution in [0.2, 0.25) is 0 Å². The molecule has 0 aliphatic carbocycles. The van der Waals surface area contributed by atoms with Crippen molar-refractivity contribution in [2.24, 2.45) is 0 Å². The van der Waals surface area contributed by atoms with Crippen LogP contribution in [0.25, 0.3) is 0 Å². The van der Waals surface area contributed by atoms with Crippen molar-refractivity contribution in [2.45, 2.75) is 24.4 Å². The minimum absolute atomic E-state index is 0.602. The van der Waals surface area contributed by atoms with Crippen LogP contribution in [0.5, 0.6) is 0 Å². The van der Waals surface area contributed by atoms with Crippen LogP contribution >= 0.6 is 0 Å². The van der Waals surface area contributed by atoms with Gasteiger partial charge in [-0.15, -0.1) is 0 Å². The SMILES string of the molecule is O=C(NO)[C@H]1O[C@H](c2ccc(C#Cc3ccccc3)cc2)[C@@H](O)[C@H]1O. The first-order chi connectivity index (χ1) is 12.1. The molecule has 1 fully saturated rings. The molecule has 2 aromatic carbocycles. The molecule has 1 amide bonds. The highest BCUT2D eigenvalue weighted by molar-refractivity contribution is 5.80. The predicted octanol–water partition coefficient (Wildman–Crippen LogP) is 0.753. The summed E-state index contributed by atoms with van der Waals surface area (Å²) in [4.78, 5) is 11.4. The summed E-state index contributed by atoms with van der Waals surface area (Å²) in [5.74, 6) is 5.18. The maximum absolute atomic E-state index is 11.4. The van der Waals surface area contributed by atoms with Crippen LogP contribution in [0.1, 0.15) is 22.8 Å². The standard InChI is InChI=1S/C19H17NO5/c21-15-16(22)18(19(23)20-24)25-17(15)14-10-8-13(9-11-14)7-6-12-4-2-1-3-5-12/h1-5,8-11,15-18,21-22,24H,(H,20,23)/t15-,16+,17+,18-/m0/s1. The highest BCUT2D eigenvalue weighted by Gasteiger charge is 2.46. The van der Waals surface area contributed by atoms with Crippen molar-refractivity contribution in [2.75, 3.05) is 0 Å². The van der Waals surface area contributed by atoms with Gasteiger partial charge in [0.2, 0.25) is 0 Å². The third-order valence-corrected chi connectivity index (χ3v) is 4.00. The maximum atomic E-state index is 11.4. The number of hydroxylamine groups is 1. The van der Waals surface area contributed by atoms with Crippen molar-refractivity contribution < 1.29 is 25.0 Å². The highest BCUT2D eigenvalue weighted by Crippen LogP contribution is 2.33. The lowest BCUT2D eigenvalue weighted by molar-refractivity contribution is -0.144. The summed E-state index contributed by atoms with van der Waals surface area (Å²) in [5.41, 5.74) is 3.71. The molecule has 1 heterocycles. The molecule has 0 saturated carbocycles. The van der Waals surface area contributed by atoms with E-state index in [4.69, 9.17) is 9.94 Å². The maximum Gasteiger partial charge on any atom is 0.275 e. The molecule has 128 valence electrons. The number of carbonyl (C=O) groups is 1. The van der Waals surface area contributed by atoms with Crippen molar-refractivity contribution in [3.63, 3.8) is 0 Å². The van der Waals surface area contributed by atoms with Gasteiger partial charge < -0.3 is 14.9 Å². The second-order valence-electron chi connectivity index (χ2n) is 5.67. The molecule has 6 heteroatoms. The van der Waals surface area contributed by atoms with E-state index in [1.807, 2.05) is 30.3 Å². The Kier molecular flexibility index (Phi) is 5.12. The van der Waals surface area contributed by atoms with Crippen LogP contribution < -0.4 is 5.48 Å². The van der Waals surface area contributed by atoms with E-state index < -0.39 is 30.3 Å². The van der Waals surface area contributed by atoms with Crippen LogP contribution in [0, 0.1) is 11.8 Å². The highest BCUT2D eigenvalue weighted by atomic mass is 16.6. The van der Waals surface area contributed by atoms with Gasteiger partial charge in [-0.05, 0) is 29.8 Å². The molecule has 0 radical (unpaired) electrons. The number of hydrogen-bond acceptors (Lipinski definition) is 5. The average Bonchev–Trinajstić information content (AvgIpc) is 2.96. The van der Waals surface area contributed by atoms with E-state index in [9.17, 15) is 15.0 Å². The second-order valence-corrected chi connectivity index (χ2v) is 5.67. The summed E-state index contributed by atoms with van der Waals surface area (Å²) in [7, 11) is 0. The minimum Gasteiger partial charge on any atom is -0.387 e. The Hall–Kier alpha value is -2.69. The zero-order valence-electron chi connectivity index (χ0n) is 13.2. The molecule has 4 atom stereocenters. The molecule has 4 N–H and O–H groups in total. The summed E-state index contributed by atoms with van der Waals surface area (Å²) in [6.07, 6.45) is -4.89. The molecule has 1 saturated heterocycles. The third-order valence-electron chi connectivity index (χ3n) is 4.00. The molecule has 3 rings (SSSR count). The van der Waals surface area contributed by atoms with Crippen LogP contribution in [0.3, 0.4) is 0 Å². The van der Waals surface area contributed by atoms with E-state index in [0.717, 1.165) is 11.1 Å². The first-order valence-corrected chi connectivity index (χ1v) is 7.72. The zero-order chi connectivity index (χ0) is 17.8. The predicted molar refractivity (Wildman–Crippen MR) is 88.4 cm³/mol. The van der Waals surface area contributed by atoms with Gasteiger partial charge in [0.05, 0.1) is 0 Å². The molecular formula is C19H17NO5. The average molecular weight is 339 g/mol. The number of nitrogens with one attached hydrogen (secondary N) is 1. The van der Waals surface area contributed by atoms with E-state index >= 15 is 0 Å². The van der Waals surface area contributed by atoms with Crippen molar-refractivity contribution in [3.05, 3.63) is 71.3 Å². The van der Waals surface area contributed by atoms with E-state index in [2.05, 4.69) is 11.8 Å². The number of benzene rings is 2. The van der Waals surface area contributed by atoms with Gasteiger partial charge in [-0.2, -0.15) is 0 Å². The summed E-state index contributed by atoms with van der Waals surface area (Å²) in [6, 6.07) is 16.6. The Morgan fingerprint density at radius 3 is 2.12 bits per heavy atom. The van der Waals surface area contributed by atoms with Crippen LogP contribution in [0.15, 0.2) is 54.6 Å². The topological polar surface area (TPSA) is 99.0 Å². The quantitative estimate of drug-likeness (QED) is 0.368. The monoisotopic (exact) mass is 339 g/mol. The lowest BCUT2D eigenvalue weighted by atomic mass is 10.0. The van der Waals surface area contributed by atoms with Gasteiger partial charge in [-0.1, -0.05) is 42.2 Å². The van der Waals surface area contributed by atoms with E-state index in [-0.39, 0.29) is 0 Å². The van der Waals surface area contributed by atoms with Crippen molar-refractivity contribution in [1.82, 2.24) is 5.48 Å². The van der Waals surface area contributed by atoms with Crippen LogP contribution in [-0.4, -0.2) is 39.6 Å². The molecule has 0 bridgehead atoms. The normalized spacial score (nSPS) is 25.1. The Morgan fingerprint density at radius 2 is 1.52 bits per heavy atom. The fourth-order valence-electron chi connectivity index (χ4n) is 2.66. The summed E-state index contributed by atoms with van der Waals surface area (Å²) < 4.78 is 5.39. The first kappa shape index (κ1) is 17.1. The van der Waals surface area contributed by atoms with Gasteiger partial charge in [-0.25, -0.2) is 5.48 Å². The second kappa shape index (κ2) is 7.47. The van der Waals surface area contributed by atoms with Crippen molar-refractivity contribution in [1.29, 1.82) is 0 Å². The number of hydrogen-bond donors (Lipinski definition) is 4. The number of aliphatic hydroxyl groups excluding tert-OH is 2. The number of ether oxygens (including phenoxy) is 1. The van der Waals surface area contributed by atoms with Gasteiger partial charge >= 0.3 is 0 Å². The summed E-state index contributed by atoms with van der Waals surface area (Å²) >= 11 is 0. The number of amides is 1. The number of carbonyl (C=O) groups excluding carboxylic acids is 1. The largest absolute Gasteiger partial charge is 0.387 e. The van der Waals surface area contributed by atoms with Gasteiger partial charge in [0.1, 0.15) is 18.3 Å². The van der Waals surface area contributed by atoms with Gasteiger partial charge in [0.25, 0.3) is 5.91 Å². The fourth-order valence-corrected chi connectivity index (χ4v) is 2.66. The summed E-state index contributed by atoms with van der Waals surface area (Å²) in [6.45, 7) is 0. The molecule has 25 heavy (non-hydrogen) atoms. The van der Waals surface area contributed by atoms with E-state index in [0.29, 0.717) is 5.56 Å². The smallest absolute Gasteiger partial charge is 0.275 e. The van der Waals surface area contributed by atoms with Crippen molar-refractivity contribution >= 4 is 5.91 Å². The molecular weight excluding hydrogens is 322 g/mol. The van der Waals surface area contributed by atoms with Crippen LogP contribution in [0.4, 0.5) is 0 Å². The lowest BCUT2D eigenvalue weighted by Crippen LogP contribution is -2.41. The first-order valence-electron chi connectivity index (χ1n) is 7.72. The Morgan fingerprint density at radius 1 is 0.920 bits per heavy atom. The Labute approximate surface area is 144 Å².